The van der Waals surface area contributed by atoms with Gasteiger partial charge in [0.1, 0.15) is 6.04 Å². The van der Waals surface area contributed by atoms with Crippen LogP contribution in [0.1, 0.15) is 33.4 Å². The molecule has 1 unspecified atom stereocenters. The van der Waals surface area contributed by atoms with Gasteiger partial charge in [0.05, 0.1) is 6.42 Å². The van der Waals surface area contributed by atoms with E-state index < -0.39 is 6.04 Å². The first kappa shape index (κ1) is 23.3. The van der Waals surface area contributed by atoms with Gasteiger partial charge in [-0.05, 0) is 43.0 Å². The summed E-state index contributed by atoms with van der Waals surface area (Å²) >= 11 is 0. The second-order valence-electron chi connectivity index (χ2n) is 8.44. The summed E-state index contributed by atoms with van der Waals surface area (Å²) in [5, 5.41) is 2.77. The molecule has 0 radical (unpaired) electrons. The monoisotopic (exact) mass is 428 g/mol. The Balaban J connectivity index is 1.97. The molecule has 4 nitrogen and oxygen atoms in total. The number of carbonyl (C=O) groups is 2. The van der Waals surface area contributed by atoms with Gasteiger partial charge in [0.15, 0.2) is 0 Å². The Hall–Kier alpha value is -3.40. The molecule has 0 aliphatic carbocycles. The lowest BCUT2D eigenvalue weighted by Gasteiger charge is -2.32. The molecule has 0 bridgehead atoms. The first-order valence-corrected chi connectivity index (χ1v) is 11.0. The normalized spacial score (nSPS) is 11.6. The zero-order chi connectivity index (χ0) is 23.1. The molecule has 3 aromatic carbocycles. The Morgan fingerprint density at radius 1 is 0.844 bits per heavy atom. The highest BCUT2D eigenvalue weighted by Gasteiger charge is 2.30. The van der Waals surface area contributed by atoms with Crippen LogP contribution in [-0.2, 0) is 29.0 Å². The lowest BCUT2D eigenvalue weighted by molar-refractivity contribution is -0.140. The summed E-state index contributed by atoms with van der Waals surface area (Å²) in [7, 11) is 1.63. The van der Waals surface area contributed by atoms with E-state index in [1.807, 2.05) is 87.5 Å². The molecule has 0 aliphatic heterocycles. The number of rotatable bonds is 8. The fourth-order valence-corrected chi connectivity index (χ4v) is 4.14. The average molecular weight is 429 g/mol. The molecule has 0 heterocycles. The first-order valence-electron chi connectivity index (χ1n) is 11.0. The van der Waals surface area contributed by atoms with Crippen molar-refractivity contribution in [2.75, 3.05) is 7.05 Å². The van der Waals surface area contributed by atoms with Crippen molar-refractivity contribution >= 4 is 11.8 Å². The molecule has 0 aromatic heterocycles. The molecule has 166 valence electrons. The average Bonchev–Trinajstić information content (AvgIpc) is 2.76. The molecule has 0 aliphatic rings. The Labute approximate surface area is 191 Å². The van der Waals surface area contributed by atoms with Crippen molar-refractivity contribution in [3.05, 3.63) is 106 Å². The Kier molecular flexibility index (Phi) is 7.82. The summed E-state index contributed by atoms with van der Waals surface area (Å²) < 4.78 is 0. The summed E-state index contributed by atoms with van der Waals surface area (Å²) in [6.07, 6.45) is 0.724. The van der Waals surface area contributed by atoms with E-state index in [-0.39, 0.29) is 18.2 Å². The third-order valence-electron chi connectivity index (χ3n) is 5.76. The molecule has 3 rings (SSSR count). The van der Waals surface area contributed by atoms with Crippen molar-refractivity contribution in [2.45, 2.75) is 46.2 Å². The Morgan fingerprint density at radius 3 is 2.09 bits per heavy atom. The van der Waals surface area contributed by atoms with Crippen LogP contribution in [0.25, 0.3) is 0 Å². The minimum atomic E-state index is -0.597. The van der Waals surface area contributed by atoms with Crippen LogP contribution in [0.2, 0.25) is 0 Å². The second-order valence-corrected chi connectivity index (χ2v) is 8.44. The standard InChI is InChI=1S/C28H32N2O2/c1-20-14-21(2)16-24(15-20)18-27(31)30(19-25-13-9-8-10-22(25)3)26(28(32)29-4)17-23-11-6-5-7-12-23/h5-16,26H,17-19H2,1-4H3,(H,29,32). The van der Waals surface area contributed by atoms with E-state index in [0.717, 1.165) is 33.4 Å². The molecular weight excluding hydrogens is 396 g/mol. The van der Waals surface area contributed by atoms with E-state index in [9.17, 15) is 9.59 Å². The number of aryl methyl sites for hydroxylation is 3. The van der Waals surface area contributed by atoms with E-state index >= 15 is 0 Å². The van der Waals surface area contributed by atoms with Crippen LogP contribution in [0.5, 0.6) is 0 Å². The van der Waals surface area contributed by atoms with E-state index in [1.165, 1.54) is 0 Å². The quantitative estimate of drug-likeness (QED) is 0.573. The number of amides is 2. The largest absolute Gasteiger partial charge is 0.357 e. The number of likely N-dealkylation sites (N-methyl/N-ethyl adjacent to an activating group) is 1. The maximum Gasteiger partial charge on any atom is 0.242 e. The van der Waals surface area contributed by atoms with Crippen LogP contribution >= 0.6 is 0 Å². The molecule has 0 saturated heterocycles. The summed E-state index contributed by atoms with van der Waals surface area (Å²) in [5.41, 5.74) is 6.40. The number of hydrogen-bond donors (Lipinski definition) is 1. The number of nitrogens with zero attached hydrogens (tertiary/aromatic N) is 1. The van der Waals surface area contributed by atoms with Gasteiger partial charge in [-0.3, -0.25) is 9.59 Å². The maximum atomic E-state index is 13.6. The smallest absolute Gasteiger partial charge is 0.242 e. The molecule has 3 aromatic rings. The van der Waals surface area contributed by atoms with Gasteiger partial charge in [0.2, 0.25) is 11.8 Å². The molecule has 0 fully saturated rings. The van der Waals surface area contributed by atoms with E-state index in [0.29, 0.717) is 13.0 Å². The van der Waals surface area contributed by atoms with Crippen molar-refractivity contribution in [1.82, 2.24) is 10.2 Å². The number of benzene rings is 3. The minimum Gasteiger partial charge on any atom is -0.357 e. The van der Waals surface area contributed by atoms with Gasteiger partial charge in [-0.2, -0.15) is 0 Å². The Morgan fingerprint density at radius 2 is 1.47 bits per heavy atom. The molecule has 1 atom stereocenters. The van der Waals surface area contributed by atoms with E-state index in [2.05, 4.69) is 11.4 Å². The van der Waals surface area contributed by atoms with Crippen molar-refractivity contribution in [1.29, 1.82) is 0 Å². The van der Waals surface area contributed by atoms with Gasteiger partial charge in [-0.15, -0.1) is 0 Å². The van der Waals surface area contributed by atoms with Crippen molar-refractivity contribution in [2.24, 2.45) is 0 Å². The fraction of sp³-hybridized carbons (Fsp3) is 0.286. The fourth-order valence-electron chi connectivity index (χ4n) is 4.14. The third-order valence-corrected chi connectivity index (χ3v) is 5.76. The number of nitrogens with one attached hydrogen (secondary N) is 1. The van der Waals surface area contributed by atoms with Crippen LogP contribution in [0.4, 0.5) is 0 Å². The van der Waals surface area contributed by atoms with Gasteiger partial charge < -0.3 is 10.2 Å². The van der Waals surface area contributed by atoms with Crippen molar-refractivity contribution in [3.8, 4) is 0 Å². The van der Waals surface area contributed by atoms with Gasteiger partial charge in [-0.25, -0.2) is 0 Å². The zero-order valence-corrected chi connectivity index (χ0v) is 19.4. The van der Waals surface area contributed by atoms with Crippen LogP contribution in [0.3, 0.4) is 0 Å². The van der Waals surface area contributed by atoms with Gasteiger partial charge in [-0.1, -0.05) is 83.9 Å². The predicted octanol–water partition coefficient (Wildman–Crippen LogP) is 4.54. The van der Waals surface area contributed by atoms with Crippen LogP contribution in [-0.4, -0.2) is 29.8 Å². The van der Waals surface area contributed by atoms with Crippen LogP contribution < -0.4 is 5.32 Å². The second kappa shape index (κ2) is 10.8. The van der Waals surface area contributed by atoms with Crippen molar-refractivity contribution in [3.63, 3.8) is 0 Å². The van der Waals surface area contributed by atoms with Gasteiger partial charge >= 0.3 is 0 Å². The van der Waals surface area contributed by atoms with E-state index in [1.54, 1.807) is 11.9 Å². The number of carbonyl (C=O) groups excluding carboxylic acids is 2. The molecule has 4 heteroatoms. The Bertz CT molecular complexity index is 1060. The SMILES string of the molecule is CNC(=O)C(Cc1ccccc1)N(Cc1ccccc1C)C(=O)Cc1cc(C)cc(C)c1. The molecule has 0 spiro atoms. The molecular formula is C28H32N2O2. The summed E-state index contributed by atoms with van der Waals surface area (Å²) in [6, 6.07) is 23.5. The summed E-state index contributed by atoms with van der Waals surface area (Å²) in [5.74, 6) is -0.209. The predicted molar refractivity (Wildman–Crippen MR) is 129 cm³/mol. The molecule has 32 heavy (non-hydrogen) atoms. The third kappa shape index (κ3) is 6.07. The lowest BCUT2D eigenvalue weighted by atomic mass is 9.99. The summed E-state index contributed by atoms with van der Waals surface area (Å²) in [4.78, 5) is 28.4. The maximum absolute atomic E-state index is 13.6. The van der Waals surface area contributed by atoms with Gasteiger partial charge in [0.25, 0.3) is 0 Å². The van der Waals surface area contributed by atoms with Crippen LogP contribution in [0.15, 0.2) is 72.8 Å². The van der Waals surface area contributed by atoms with Crippen molar-refractivity contribution < 1.29 is 9.59 Å². The minimum absolute atomic E-state index is 0.0530. The zero-order valence-electron chi connectivity index (χ0n) is 19.4. The summed E-state index contributed by atoms with van der Waals surface area (Å²) in [6.45, 7) is 6.50. The topological polar surface area (TPSA) is 49.4 Å². The molecule has 2 amide bonds. The highest BCUT2D eigenvalue weighted by atomic mass is 16.2. The van der Waals surface area contributed by atoms with Gasteiger partial charge in [0, 0.05) is 20.0 Å². The highest BCUT2D eigenvalue weighted by Crippen LogP contribution is 2.19. The highest BCUT2D eigenvalue weighted by molar-refractivity contribution is 5.88. The van der Waals surface area contributed by atoms with Crippen LogP contribution in [0, 0.1) is 20.8 Å². The first-order chi connectivity index (χ1) is 15.4. The van der Waals surface area contributed by atoms with E-state index in [4.69, 9.17) is 0 Å². The number of hydrogen-bond acceptors (Lipinski definition) is 2. The lowest BCUT2D eigenvalue weighted by Crippen LogP contribution is -2.50. The molecule has 1 N–H and O–H groups in total. The molecule has 0 saturated carbocycles.